The monoisotopic (exact) mass is 345 g/mol. The van der Waals surface area contributed by atoms with Crippen LogP contribution < -0.4 is 10.4 Å². The van der Waals surface area contributed by atoms with Crippen molar-refractivity contribution in [2.24, 2.45) is 0 Å². The number of carbonyl (C=O) groups is 2. The summed E-state index contributed by atoms with van der Waals surface area (Å²) in [5.41, 5.74) is -0.437. The van der Waals surface area contributed by atoms with E-state index in [9.17, 15) is 24.8 Å². The van der Waals surface area contributed by atoms with Crippen molar-refractivity contribution in [3.8, 4) is 0 Å². The molecule has 0 heterocycles. The van der Waals surface area contributed by atoms with Crippen LogP contribution >= 0.6 is 11.6 Å². The van der Waals surface area contributed by atoms with Crippen LogP contribution in [0.5, 0.6) is 0 Å². The van der Waals surface area contributed by atoms with E-state index in [1.54, 1.807) is 12.1 Å². The van der Waals surface area contributed by atoms with Gasteiger partial charge in [0, 0.05) is 12.1 Å². The second kappa shape index (κ2) is 7.38. The van der Waals surface area contributed by atoms with Crippen LogP contribution in [-0.4, -0.2) is 16.8 Å². The average molecular weight is 346 g/mol. The first-order valence-corrected chi connectivity index (χ1v) is 6.99. The molecular weight excluding hydrogens is 336 g/mol. The number of benzene rings is 2. The van der Waals surface area contributed by atoms with Crippen molar-refractivity contribution in [3.05, 3.63) is 80.5 Å². The zero-order valence-electron chi connectivity index (χ0n) is 12.1. The van der Waals surface area contributed by atoms with E-state index < -0.39 is 22.5 Å². The summed E-state index contributed by atoms with van der Waals surface area (Å²) in [4.78, 5) is 33.5. The maximum Gasteiger partial charge on any atom is 0.270 e. The smallest absolute Gasteiger partial charge is 0.270 e. The summed E-state index contributed by atoms with van der Waals surface area (Å²) in [6, 6.07) is 11.4. The maximum absolute atomic E-state index is 12.1. The molecule has 0 saturated heterocycles. The van der Waals surface area contributed by atoms with Gasteiger partial charge in [-0.2, -0.15) is 0 Å². The number of nitrogens with one attached hydrogen (secondary N) is 1. The molecule has 1 amide bonds. The Labute approximate surface area is 141 Å². The highest BCUT2D eigenvalue weighted by molar-refractivity contribution is 6.34. The molecule has 8 heteroatoms. The lowest BCUT2D eigenvalue weighted by Crippen LogP contribution is -2.35. The van der Waals surface area contributed by atoms with Gasteiger partial charge in [0.2, 0.25) is 0 Å². The Bertz CT molecular complexity index is 848. The molecule has 0 fully saturated rings. The Morgan fingerprint density at radius 2 is 1.83 bits per heavy atom. The maximum atomic E-state index is 12.1. The highest BCUT2D eigenvalue weighted by Crippen LogP contribution is 2.17. The third-order valence-electron chi connectivity index (χ3n) is 2.98. The number of non-ortho nitro benzene ring substituents is 1. The number of carbonyl (C=O) groups excluding carboxylic acids is 2. The third-order valence-corrected chi connectivity index (χ3v) is 3.31. The lowest BCUT2D eigenvalue weighted by atomic mass is 10.1. The SMILES string of the molecule is O=C([O-])C(=Cc1cccc([N+](=O)[O-])c1)NC(=O)c1ccccc1Cl. The number of carboxylic acid groups (broad SMARTS) is 1. The van der Waals surface area contributed by atoms with E-state index >= 15 is 0 Å². The number of nitrogens with zero attached hydrogens (tertiary/aromatic N) is 1. The summed E-state index contributed by atoms with van der Waals surface area (Å²) in [7, 11) is 0. The molecule has 2 rings (SSSR count). The van der Waals surface area contributed by atoms with E-state index in [1.165, 1.54) is 36.4 Å². The summed E-state index contributed by atoms with van der Waals surface area (Å²) < 4.78 is 0. The van der Waals surface area contributed by atoms with Crippen molar-refractivity contribution in [2.45, 2.75) is 0 Å². The summed E-state index contributed by atoms with van der Waals surface area (Å²) in [5, 5.41) is 24.3. The van der Waals surface area contributed by atoms with E-state index in [0.717, 1.165) is 6.08 Å². The molecule has 0 spiro atoms. The number of nitro benzene ring substituents is 1. The summed E-state index contributed by atoms with van der Waals surface area (Å²) >= 11 is 5.88. The first-order chi connectivity index (χ1) is 11.4. The summed E-state index contributed by atoms with van der Waals surface area (Å²) in [6.45, 7) is 0. The van der Waals surface area contributed by atoms with Crippen LogP contribution in [0.2, 0.25) is 5.02 Å². The minimum Gasteiger partial charge on any atom is -0.543 e. The summed E-state index contributed by atoms with van der Waals surface area (Å²) in [6.07, 6.45) is 1.07. The molecule has 2 aromatic rings. The predicted octanol–water partition coefficient (Wildman–Crippen LogP) is 1.77. The quantitative estimate of drug-likeness (QED) is 0.504. The van der Waals surface area contributed by atoms with E-state index in [0.29, 0.717) is 0 Å². The van der Waals surface area contributed by atoms with Gasteiger partial charge in [-0.25, -0.2) is 0 Å². The lowest BCUT2D eigenvalue weighted by Gasteiger charge is -2.11. The normalized spacial score (nSPS) is 11.0. The third kappa shape index (κ3) is 4.17. The highest BCUT2D eigenvalue weighted by atomic mass is 35.5. The number of aliphatic carboxylic acids is 1. The molecule has 122 valence electrons. The average Bonchev–Trinajstić information content (AvgIpc) is 2.54. The van der Waals surface area contributed by atoms with Gasteiger partial charge in [-0.05, 0) is 23.8 Å². The van der Waals surface area contributed by atoms with Crippen LogP contribution in [0.3, 0.4) is 0 Å². The van der Waals surface area contributed by atoms with Crippen molar-refractivity contribution < 1.29 is 19.6 Å². The molecular formula is C16H10ClN2O5-. The van der Waals surface area contributed by atoms with Crippen LogP contribution in [0.4, 0.5) is 5.69 Å². The summed E-state index contributed by atoms with van der Waals surface area (Å²) in [5.74, 6) is -2.37. The van der Waals surface area contributed by atoms with Crippen LogP contribution in [0, 0.1) is 10.1 Å². The number of hydrogen-bond acceptors (Lipinski definition) is 5. The second-order valence-corrected chi connectivity index (χ2v) is 5.04. The molecule has 0 unspecified atom stereocenters. The van der Waals surface area contributed by atoms with Gasteiger partial charge in [0.1, 0.15) is 0 Å². The number of rotatable bonds is 5. The predicted molar refractivity (Wildman–Crippen MR) is 85.0 cm³/mol. The molecule has 0 aliphatic heterocycles. The number of hydrogen-bond donors (Lipinski definition) is 1. The van der Waals surface area contributed by atoms with Crippen LogP contribution in [0.15, 0.2) is 54.2 Å². The number of halogens is 1. The Hall–Kier alpha value is -3.19. The van der Waals surface area contributed by atoms with E-state index in [2.05, 4.69) is 5.32 Å². The van der Waals surface area contributed by atoms with Gasteiger partial charge >= 0.3 is 0 Å². The second-order valence-electron chi connectivity index (χ2n) is 4.63. The zero-order chi connectivity index (χ0) is 17.7. The molecule has 0 atom stereocenters. The zero-order valence-corrected chi connectivity index (χ0v) is 12.8. The minimum absolute atomic E-state index is 0.0883. The molecule has 2 aromatic carbocycles. The fourth-order valence-corrected chi connectivity index (χ4v) is 2.10. The highest BCUT2D eigenvalue weighted by Gasteiger charge is 2.12. The fraction of sp³-hybridized carbons (Fsp3) is 0. The van der Waals surface area contributed by atoms with Gasteiger partial charge in [0.25, 0.3) is 11.6 Å². The molecule has 1 N–H and O–H groups in total. The Morgan fingerprint density at radius 3 is 2.46 bits per heavy atom. The van der Waals surface area contributed by atoms with Gasteiger partial charge in [0.15, 0.2) is 0 Å². The van der Waals surface area contributed by atoms with Crippen molar-refractivity contribution in [2.75, 3.05) is 0 Å². The standard InChI is InChI=1S/C16H11ClN2O5/c17-13-7-2-1-6-12(13)15(20)18-14(16(21)22)9-10-4-3-5-11(8-10)19(23)24/h1-9H,(H,18,20)(H,21,22)/p-1. The molecule has 0 bridgehead atoms. The molecule has 0 aromatic heterocycles. The molecule has 0 aliphatic rings. The molecule has 24 heavy (non-hydrogen) atoms. The van der Waals surface area contributed by atoms with Crippen molar-refractivity contribution in [1.82, 2.24) is 5.32 Å². The van der Waals surface area contributed by atoms with Crippen LogP contribution in [-0.2, 0) is 4.79 Å². The van der Waals surface area contributed by atoms with E-state index in [4.69, 9.17) is 11.6 Å². The van der Waals surface area contributed by atoms with Gasteiger partial charge in [-0.1, -0.05) is 35.9 Å². The van der Waals surface area contributed by atoms with Gasteiger partial charge in [-0.3, -0.25) is 14.9 Å². The Morgan fingerprint density at radius 1 is 1.12 bits per heavy atom. The number of nitro groups is 1. The van der Waals surface area contributed by atoms with Crippen LogP contribution in [0.25, 0.3) is 6.08 Å². The molecule has 7 nitrogen and oxygen atoms in total. The van der Waals surface area contributed by atoms with Crippen LogP contribution in [0.1, 0.15) is 15.9 Å². The van der Waals surface area contributed by atoms with E-state index in [-0.39, 0.29) is 21.8 Å². The Balaban J connectivity index is 2.31. The fourth-order valence-electron chi connectivity index (χ4n) is 1.88. The Kier molecular flexibility index (Phi) is 5.28. The first kappa shape index (κ1) is 17.2. The largest absolute Gasteiger partial charge is 0.543 e. The first-order valence-electron chi connectivity index (χ1n) is 6.62. The van der Waals surface area contributed by atoms with Gasteiger partial charge in [-0.15, -0.1) is 0 Å². The van der Waals surface area contributed by atoms with Crippen molar-refractivity contribution >= 4 is 35.2 Å². The number of amides is 1. The van der Waals surface area contributed by atoms with E-state index in [1.807, 2.05) is 0 Å². The molecule has 0 aliphatic carbocycles. The van der Waals surface area contributed by atoms with Crippen molar-refractivity contribution in [3.63, 3.8) is 0 Å². The topological polar surface area (TPSA) is 112 Å². The lowest BCUT2D eigenvalue weighted by molar-refractivity contribution is -0.384. The minimum atomic E-state index is -1.64. The molecule has 0 saturated carbocycles. The van der Waals surface area contributed by atoms with Gasteiger partial charge in [0.05, 0.1) is 27.2 Å². The van der Waals surface area contributed by atoms with Gasteiger partial charge < -0.3 is 15.2 Å². The number of carboxylic acids is 1. The molecule has 0 radical (unpaired) electrons. The van der Waals surface area contributed by atoms with Crippen molar-refractivity contribution in [1.29, 1.82) is 0 Å².